The highest BCUT2D eigenvalue weighted by atomic mass is 32.2. The van der Waals surface area contributed by atoms with E-state index < -0.39 is 34.2 Å². The minimum atomic E-state index is -0.740. The van der Waals surface area contributed by atoms with Gasteiger partial charge in [-0.25, -0.2) is 0 Å². The summed E-state index contributed by atoms with van der Waals surface area (Å²) in [5, 5.41) is 16.3. The van der Waals surface area contributed by atoms with Crippen molar-refractivity contribution in [2.45, 2.75) is 88.9 Å². The number of para-hydroxylation sites is 1. The average molecular weight is 516 g/mol. The maximum Gasteiger partial charge on any atom is 0.244 e. The van der Waals surface area contributed by atoms with Crippen LogP contribution in [-0.4, -0.2) is 62.0 Å². The number of rotatable bonds is 7. The molecule has 198 valence electrons. The summed E-state index contributed by atoms with van der Waals surface area (Å²) < 4.78 is -0.703. The first-order valence-electron chi connectivity index (χ1n) is 13.0. The van der Waals surface area contributed by atoms with Gasteiger partial charge < -0.3 is 20.6 Å². The molecule has 0 aliphatic carbocycles. The first-order valence-corrected chi connectivity index (χ1v) is 13.9. The van der Waals surface area contributed by atoms with E-state index in [1.807, 2.05) is 44.2 Å². The zero-order valence-electron chi connectivity index (χ0n) is 22.5. The monoisotopic (exact) mass is 515 g/mol. The van der Waals surface area contributed by atoms with Crippen molar-refractivity contribution in [3.63, 3.8) is 0 Å². The van der Waals surface area contributed by atoms with Crippen molar-refractivity contribution in [2.75, 3.05) is 11.9 Å². The van der Waals surface area contributed by atoms with Crippen molar-refractivity contribution < 1.29 is 19.5 Å². The van der Waals surface area contributed by atoms with Crippen LogP contribution in [0.1, 0.15) is 61.3 Å². The number of amides is 3. The fraction of sp³-hybridized carbons (Fsp3) is 0.679. The van der Waals surface area contributed by atoms with E-state index in [0.717, 1.165) is 12.8 Å². The molecule has 8 heteroatoms. The summed E-state index contributed by atoms with van der Waals surface area (Å²) in [4.78, 5) is 43.2. The lowest BCUT2D eigenvalue weighted by molar-refractivity contribution is -0.142. The molecule has 3 heterocycles. The Hall–Kier alpha value is -2.06. The fourth-order valence-electron chi connectivity index (χ4n) is 7.14. The van der Waals surface area contributed by atoms with Gasteiger partial charge in [-0.2, -0.15) is 0 Å². The maximum absolute atomic E-state index is 14.1. The van der Waals surface area contributed by atoms with Gasteiger partial charge in [0, 0.05) is 16.5 Å². The van der Waals surface area contributed by atoms with Crippen molar-refractivity contribution in [1.29, 1.82) is 0 Å². The Morgan fingerprint density at radius 2 is 1.81 bits per heavy atom. The molecule has 1 aromatic carbocycles. The number of benzene rings is 1. The number of aliphatic hydroxyl groups excluding tert-OH is 1. The van der Waals surface area contributed by atoms with E-state index in [0.29, 0.717) is 5.69 Å². The highest BCUT2D eigenvalue weighted by molar-refractivity contribution is 8.02. The number of carbonyl (C=O) groups is 3. The largest absolute Gasteiger partial charge is 0.394 e. The van der Waals surface area contributed by atoms with Crippen LogP contribution in [0, 0.1) is 23.2 Å². The number of nitrogens with zero attached hydrogens (tertiary/aromatic N) is 1. The minimum Gasteiger partial charge on any atom is -0.394 e. The SMILES string of the molecule is CC1C[C@@H]2SC13C(C(=O)NC(C)(C)CC(C)(C)C)N([C@H](C)CO)C(=O)[C@@H]3[C@@H]2C(=O)Nc1ccccc1. The van der Waals surface area contributed by atoms with Crippen LogP contribution < -0.4 is 10.6 Å². The molecule has 3 saturated heterocycles. The number of hydrogen-bond acceptors (Lipinski definition) is 5. The standard InChI is InChI=1S/C28H41N3O4S/c1-16-13-19-20(23(33)29-18-11-9-8-10-12-18)21-25(35)31(17(2)14-32)22(28(16,21)36-19)24(34)30-27(6,7)15-26(3,4)5/h8-12,16-17,19-22,32H,13-15H2,1-7H3,(H,29,33)(H,30,34)/t16?,17-,19+,20-,21+,22?,28?/m1/s1. The molecule has 4 rings (SSSR count). The molecule has 2 bridgehead atoms. The van der Waals surface area contributed by atoms with E-state index >= 15 is 0 Å². The first kappa shape index (κ1) is 27.0. The number of likely N-dealkylation sites (tertiary alicyclic amines) is 1. The molecule has 3 aliphatic rings. The van der Waals surface area contributed by atoms with Crippen LogP contribution in [0.4, 0.5) is 5.69 Å². The molecule has 3 aliphatic heterocycles. The van der Waals surface area contributed by atoms with Gasteiger partial charge in [-0.15, -0.1) is 11.8 Å². The van der Waals surface area contributed by atoms with Crippen molar-refractivity contribution in [3.05, 3.63) is 30.3 Å². The summed E-state index contributed by atoms with van der Waals surface area (Å²) in [6.07, 6.45) is 1.55. The number of anilines is 1. The molecule has 3 N–H and O–H groups in total. The molecule has 36 heavy (non-hydrogen) atoms. The topological polar surface area (TPSA) is 98.7 Å². The summed E-state index contributed by atoms with van der Waals surface area (Å²) >= 11 is 1.65. The van der Waals surface area contributed by atoms with Gasteiger partial charge in [-0.3, -0.25) is 14.4 Å². The predicted molar refractivity (Wildman–Crippen MR) is 143 cm³/mol. The van der Waals surface area contributed by atoms with Gasteiger partial charge in [0.25, 0.3) is 0 Å². The van der Waals surface area contributed by atoms with Crippen LogP contribution in [0.3, 0.4) is 0 Å². The molecule has 0 aromatic heterocycles. The average Bonchev–Trinajstić information content (AvgIpc) is 3.35. The second-order valence-corrected chi connectivity index (χ2v) is 14.3. The molecule has 1 aromatic rings. The van der Waals surface area contributed by atoms with Gasteiger partial charge in [0.15, 0.2) is 0 Å². The fourth-order valence-corrected chi connectivity index (χ4v) is 9.55. The predicted octanol–water partition coefficient (Wildman–Crippen LogP) is 3.67. The zero-order chi connectivity index (χ0) is 26.6. The number of nitrogens with one attached hydrogen (secondary N) is 2. The van der Waals surface area contributed by atoms with Gasteiger partial charge in [0.2, 0.25) is 17.7 Å². The molecule has 0 radical (unpaired) electrons. The minimum absolute atomic E-state index is 0.00957. The van der Waals surface area contributed by atoms with Gasteiger partial charge in [0.1, 0.15) is 6.04 Å². The van der Waals surface area contributed by atoms with Crippen molar-refractivity contribution >= 4 is 35.2 Å². The third-order valence-electron chi connectivity index (χ3n) is 7.95. The van der Waals surface area contributed by atoms with Crippen molar-refractivity contribution in [1.82, 2.24) is 10.2 Å². The Balaban J connectivity index is 1.70. The van der Waals surface area contributed by atoms with Gasteiger partial charge in [-0.05, 0) is 57.1 Å². The Bertz CT molecular complexity index is 1020. The number of thioether (sulfide) groups is 1. The molecule has 3 amide bonds. The van der Waals surface area contributed by atoms with Gasteiger partial charge in [0.05, 0.1) is 29.2 Å². The molecule has 7 nitrogen and oxygen atoms in total. The Morgan fingerprint density at radius 1 is 1.17 bits per heavy atom. The normalized spacial score (nSPS) is 32.4. The molecular weight excluding hydrogens is 474 g/mol. The lowest BCUT2D eigenvalue weighted by Gasteiger charge is -2.42. The highest BCUT2D eigenvalue weighted by Crippen LogP contribution is 2.68. The highest BCUT2D eigenvalue weighted by Gasteiger charge is 2.76. The van der Waals surface area contributed by atoms with E-state index in [2.05, 4.69) is 38.3 Å². The summed E-state index contributed by atoms with van der Waals surface area (Å²) in [5.41, 5.74) is 0.229. The lowest BCUT2D eigenvalue weighted by Crippen LogP contribution is -2.61. The van der Waals surface area contributed by atoms with E-state index in [9.17, 15) is 19.5 Å². The zero-order valence-corrected chi connectivity index (χ0v) is 23.3. The van der Waals surface area contributed by atoms with Crippen LogP contribution in [0.25, 0.3) is 0 Å². The van der Waals surface area contributed by atoms with Crippen LogP contribution in [0.2, 0.25) is 0 Å². The van der Waals surface area contributed by atoms with Crippen LogP contribution in [0.5, 0.6) is 0 Å². The summed E-state index contributed by atoms with van der Waals surface area (Å²) in [6.45, 7) is 14.1. The Labute approximate surface area is 219 Å². The number of aliphatic hydroxyl groups is 1. The van der Waals surface area contributed by atoms with Gasteiger partial charge >= 0.3 is 0 Å². The second kappa shape index (κ2) is 9.35. The van der Waals surface area contributed by atoms with Gasteiger partial charge in [-0.1, -0.05) is 45.9 Å². The number of fused-ring (bicyclic) bond motifs is 1. The second-order valence-electron chi connectivity index (χ2n) is 12.8. The molecular formula is C28H41N3O4S. The molecule has 7 atom stereocenters. The lowest BCUT2D eigenvalue weighted by atomic mass is 9.65. The van der Waals surface area contributed by atoms with Crippen LogP contribution in [-0.2, 0) is 14.4 Å². The molecule has 3 unspecified atom stereocenters. The molecule has 1 spiro atoms. The van der Waals surface area contributed by atoms with E-state index in [4.69, 9.17) is 0 Å². The van der Waals surface area contributed by atoms with E-state index in [1.165, 1.54) is 0 Å². The number of hydrogen-bond donors (Lipinski definition) is 3. The summed E-state index contributed by atoms with van der Waals surface area (Å²) in [6, 6.07) is 8.01. The summed E-state index contributed by atoms with van der Waals surface area (Å²) in [5.74, 6) is -1.59. The van der Waals surface area contributed by atoms with Crippen molar-refractivity contribution in [2.24, 2.45) is 23.2 Å². The van der Waals surface area contributed by atoms with E-state index in [-0.39, 0.29) is 40.9 Å². The molecule has 3 fully saturated rings. The Morgan fingerprint density at radius 3 is 2.39 bits per heavy atom. The third kappa shape index (κ3) is 4.55. The maximum atomic E-state index is 14.1. The van der Waals surface area contributed by atoms with E-state index in [1.54, 1.807) is 23.6 Å². The van der Waals surface area contributed by atoms with Crippen LogP contribution >= 0.6 is 11.8 Å². The first-order chi connectivity index (χ1) is 16.7. The van der Waals surface area contributed by atoms with Crippen molar-refractivity contribution in [3.8, 4) is 0 Å². The number of carbonyl (C=O) groups excluding carboxylic acids is 3. The Kier molecular flexibility index (Phi) is 7.01. The molecule has 0 saturated carbocycles. The van der Waals surface area contributed by atoms with Crippen LogP contribution in [0.15, 0.2) is 30.3 Å². The smallest absolute Gasteiger partial charge is 0.244 e. The summed E-state index contributed by atoms with van der Waals surface area (Å²) in [7, 11) is 0. The quantitative estimate of drug-likeness (QED) is 0.515. The third-order valence-corrected chi connectivity index (χ3v) is 10.0.